The van der Waals surface area contributed by atoms with Gasteiger partial charge < -0.3 is 14.5 Å². The van der Waals surface area contributed by atoms with E-state index in [9.17, 15) is 26.8 Å². The smallest absolute Gasteiger partial charge is 0.338 e. The van der Waals surface area contributed by atoms with Gasteiger partial charge in [-0.3, -0.25) is 9.10 Å². The maximum Gasteiger partial charge on any atom is 0.338 e. The van der Waals surface area contributed by atoms with Gasteiger partial charge in [0.25, 0.3) is 5.91 Å². The van der Waals surface area contributed by atoms with E-state index in [-0.39, 0.29) is 34.9 Å². The van der Waals surface area contributed by atoms with Crippen molar-refractivity contribution in [3.8, 4) is 11.3 Å². The van der Waals surface area contributed by atoms with Crippen LogP contribution in [0.15, 0.2) is 52.9 Å². The lowest BCUT2D eigenvalue weighted by molar-refractivity contribution is 0.0599. The number of halogens is 3. The van der Waals surface area contributed by atoms with Gasteiger partial charge in [-0.1, -0.05) is 6.07 Å². The number of fused-ring (bicyclic) bond motifs is 1. The van der Waals surface area contributed by atoms with Crippen molar-refractivity contribution in [3.05, 3.63) is 86.0 Å². The third-order valence-electron chi connectivity index (χ3n) is 6.92. The van der Waals surface area contributed by atoms with Crippen molar-refractivity contribution in [3.63, 3.8) is 0 Å². The number of nitrogens with zero attached hydrogens (tertiary/aromatic N) is 1. The van der Waals surface area contributed by atoms with Crippen LogP contribution in [0.25, 0.3) is 22.3 Å². The van der Waals surface area contributed by atoms with Gasteiger partial charge in [-0.25, -0.2) is 22.0 Å². The van der Waals surface area contributed by atoms with Gasteiger partial charge in [0.15, 0.2) is 11.6 Å². The molecule has 8 nitrogen and oxygen atoms in total. The Hall–Kier alpha value is -3.52. The zero-order valence-electron chi connectivity index (χ0n) is 22.3. The first-order chi connectivity index (χ1) is 19.4. The Morgan fingerprint density at radius 3 is 2.44 bits per heavy atom. The molecule has 0 aliphatic heterocycles. The van der Waals surface area contributed by atoms with Crippen molar-refractivity contribution >= 4 is 61.1 Å². The molecule has 1 N–H and O–H groups in total. The molecule has 3 aromatic carbocycles. The molecule has 12 heteroatoms. The summed E-state index contributed by atoms with van der Waals surface area (Å²) in [6, 6.07) is 11.5. The van der Waals surface area contributed by atoms with Crippen LogP contribution in [-0.2, 0) is 21.3 Å². The largest absolute Gasteiger partial charge is 0.465 e. The molecular formula is C29H25F2IN2O6S. The van der Waals surface area contributed by atoms with Crippen molar-refractivity contribution in [1.82, 2.24) is 5.32 Å². The second-order valence-electron chi connectivity index (χ2n) is 9.77. The number of sulfonamides is 1. The normalized spacial score (nSPS) is 13.3. The number of methoxy groups -OCH3 is 1. The minimum Gasteiger partial charge on any atom is -0.465 e. The number of carbonyl (C=O) groups excluding carboxylic acids is 2. The first-order valence-corrected chi connectivity index (χ1v) is 15.5. The molecule has 1 fully saturated rings. The van der Waals surface area contributed by atoms with Gasteiger partial charge in [0, 0.05) is 27.6 Å². The van der Waals surface area contributed by atoms with Gasteiger partial charge in [0.1, 0.15) is 11.3 Å². The summed E-state index contributed by atoms with van der Waals surface area (Å²) >= 11 is 2.01. The molecule has 1 amide bonds. The Morgan fingerprint density at radius 1 is 1.10 bits per heavy atom. The van der Waals surface area contributed by atoms with Gasteiger partial charge in [0.2, 0.25) is 10.0 Å². The Kier molecular flexibility index (Phi) is 7.81. The zero-order valence-corrected chi connectivity index (χ0v) is 25.2. The Labute approximate surface area is 248 Å². The molecule has 41 heavy (non-hydrogen) atoms. The van der Waals surface area contributed by atoms with E-state index < -0.39 is 33.5 Å². The maximum atomic E-state index is 14.1. The fraction of sp³-hybridized carbons (Fsp3) is 0.241. The van der Waals surface area contributed by atoms with E-state index >= 15 is 0 Å². The van der Waals surface area contributed by atoms with Gasteiger partial charge in [0.05, 0.1) is 36.7 Å². The van der Waals surface area contributed by atoms with Crippen LogP contribution >= 0.6 is 22.6 Å². The number of benzene rings is 3. The predicted molar refractivity (Wildman–Crippen MR) is 158 cm³/mol. The highest BCUT2D eigenvalue weighted by Crippen LogP contribution is 2.48. The molecule has 1 saturated carbocycles. The van der Waals surface area contributed by atoms with E-state index in [1.165, 1.54) is 24.5 Å². The van der Waals surface area contributed by atoms with Gasteiger partial charge in [-0.2, -0.15) is 0 Å². The number of hydrogen-bond acceptors (Lipinski definition) is 6. The van der Waals surface area contributed by atoms with Crippen molar-refractivity contribution in [2.75, 3.05) is 24.7 Å². The van der Waals surface area contributed by atoms with E-state index in [2.05, 4.69) is 5.32 Å². The second-order valence-corrected chi connectivity index (χ2v) is 12.8. The standard InChI is InChI=1S/C29H25F2IN2O6S/c1-33-28(35)26-20-12-18(16-5-6-16)24(13-25(20)40-27(26)17-7-8-21(30)22(31)11-17)34(41(3,37)38)14-15-4-9-23(32)19(10-15)29(36)39-2/h4,7-13,16H,5-6,14H2,1-3H3,(H,33,35). The average molecular weight is 694 g/mol. The van der Waals surface area contributed by atoms with Crippen LogP contribution in [-0.4, -0.2) is 40.7 Å². The van der Waals surface area contributed by atoms with Gasteiger partial charge in [-0.15, -0.1) is 0 Å². The number of ether oxygens (including phenoxy) is 1. The molecule has 0 radical (unpaired) electrons. The molecule has 1 aliphatic rings. The highest BCUT2D eigenvalue weighted by atomic mass is 127. The van der Waals surface area contributed by atoms with E-state index in [0.29, 0.717) is 31.3 Å². The monoisotopic (exact) mass is 694 g/mol. The third-order valence-corrected chi connectivity index (χ3v) is 8.99. The lowest BCUT2D eigenvalue weighted by atomic mass is 10.00. The summed E-state index contributed by atoms with van der Waals surface area (Å²) in [7, 11) is -1.13. The van der Waals surface area contributed by atoms with Crippen LogP contribution in [0.3, 0.4) is 0 Å². The van der Waals surface area contributed by atoms with Crippen molar-refractivity contribution < 1.29 is 35.9 Å². The summed E-state index contributed by atoms with van der Waals surface area (Å²) in [6.07, 6.45) is 2.75. The van der Waals surface area contributed by atoms with E-state index in [1.54, 1.807) is 30.3 Å². The number of nitrogens with one attached hydrogen (secondary N) is 1. The van der Waals surface area contributed by atoms with Crippen molar-refractivity contribution in [2.24, 2.45) is 0 Å². The van der Waals surface area contributed by atoms with Gasteiger partial charge in [-0.05, 0) is 88.9 Å². The molecule has 0 atom stereocenters. The SMILES string of the molecule is CNC(=O)c1c(-c2ccc(F)c(F)c2)oc2cc(N(Cc3ccc(I)c(C(=O)OC)c3)S(C)(=O)=O)c(C3CC3)cc12. The molecule has 0 saturated heterocycles. The molecule has 0 unspecified atom stereocenters. The van der Waals surface area contributed by atoms with Crippen molar-refractivity contribution in [1.29, 1.82) is 0 Å². The fourth-order valence-electron chi connectivity index (χ4n) is 4.76. The highest BCUT2D eigenvalue weighted by Gasteiger charge is 2.33. The van der Waals surface area contributed by atoms with Crippen LogP contribution in [0.5, 0.6) is 0 Å². The summed E-state index contributed by atoms with van der Waals surface area (Å²) in [5.74, 6) is -3.09. The number of rotatable bonds is 8. The Balaban J connectivity index is 1.71. The molecule has 1 heterocycles. The highest BCUT2D eigenvalue weighted by molar-refractivity contribution is 14.1. The van der Waals surface area contributed by atoms with E-state index in [0.717, 1.165) is 31.2 Å². The maximum absolute atomic E-state index is 14.1. The molecule has 0 spiro atoms. The second kappa shape index (κ2) is 11.0. The number of anilines is 1. The molecule has 5 rings (SSSR count). The molecule has 1 aliphatic carbocycles. The number of furan rings is 1. The fourth-order valence-corrected chi connectivity index (χ4v) is 6.22. The third kappa shape index (κ3) is 5.67. The first-order valence-electron chi connectivity index (χ1n) is 12.5. The van der Waals surface area contributed by atoms with Crippen molar-refractivity contribution in [2.45, 2.75) is 25.3 Å². The van der Waals surface area contributed by atoms with Crippen LogP contribution in [0.2, 0.25) is 0 Å². The lowest BCUT2D eigenvalue weighted by Gasteiger charge is -2.25. The Bertz CT molecular complexity index is 1820. The molecule has 4 aromatic rings. The minimum absolute atomic E-state index is 0.0309. The minimum atomic E-state index is -3.85. The summed E-state index contributed by atoms with van der Waals surface area (Å²) in [5, 5.41) is 2.99. The van der Waals surface area contributed by atoms with Crippen LogP contribution < -0.4 is 9.62 Å². The van der Waals surface area contributed by atoms with E-state index in [1.807, 2.05) is 22.6 Å². The summed E-state index contributed by atoms with van der Waals surface area (Å²) in [6.45, 7) is -0.0793. The number of amides is 1. The quantitative estimate of drug-likeness (QED) is 0.180. The van der Waals surface area contributed by atoms with Crippen LogP contribution in [0, 0.1) is 15.2 Å². The molecule has 214 valence electrons. The van der Waals surface area contributed by atoms with Crippen LogP contribution in [0.1, 0.15) is 50.6 Å². The number of esters is 1. The molecular weight excluding hydrogens is 669 g/mol. The molecule has 0 bridgehead atoms. The van der Waals surface area contributed by atoms with Gasteiger partial charge >= 0.3 is 5.97 Å². The Morgan fingerprint density at radius 2 is 1.83 bits per heavy atom. The summed E-state index contributed by atoms with van der Waals surface area (Å²) in [5.41, 5.74) is 2.45. The average Bonchev–Trinajstić information content (AvgIpc) is 3.72. The number of carbonyl (C=O) groups is 2. The summed E-state index contributed by atoms with van der Waals surface area (Å²) in [4.78, 5) is 25.3. The first kappa shape index (κ1) is 29.0. The predicted octanol–water partition coefficient (Wildman–Crippen LogP) is 5.97. The van der Waals surface area contributed by atoms with E-state index in [4.69, 9.17) is 9.15 Å². The topological polar surface area (TPSA) is 106 Å². The lowest BCUT2D eigenvalue weighted by Crippen LogP contribution is -2.30. The summed E-state index contributed by atoms with van der Waals surface area (Å²) < 4.78 is 67.0. The zero-order chi connectivity index (χ0) is 29.6. The number of hydrogen-bond donors (Lipinski definition) is 1. The van der Waals surface area contributed by atoms with Crippen LogP contribution in [0.4, 0.5) is 14.5 Å². The molecule has 1 aromatic heterocycles.